The van der Waals surface area contributed by atoms with E-state index < -0.39 is 11.9 Å². The van der Waals surface area contributed by atoms with Gasteiger partial charge in [0.15, 0.2) is 0 Å². The number of rotatable bonds is 6. The van der Waals surface area contributed by atoms with Gasteiger partial charge in [0.1, 0.15) is 12.4 Å². The number of carbonyl (C=O) groups excluding carboxylic acids is 2. The largest absolute Gasteiger partial charge is 0.466 e. The van der Waals surface area contributed by atoms with Crippen LogP contribution in [0.3, 0.4) is 0 Å². The smallest absolute Gasteiger partial charge is 0.355 e. The third-order valence-electron chi connectivity index (χ3n) is 3.45. The molecule has 0 spiro atoms. The molecule has 0 bridgehead atoms. The van der Waals surface area contributed by atoms with Crippen molar-refractivity contribution in [1.29, 1.82) is 0 Å². The predicted octanol–water partition coefficient (Wildman–Crippen LogP) is 2.58. The van der Waals surface area contributed by atoms with Crippen LogP contribution in [0.15, 0.2) is 40.4 Å². The van der Waals surface area contributed by atoms with E-state index in [-0.39, 0.29) is 24.6 Å². The summed E-state index contributed by atoms with van der Waals surface area (Å²) in [5.74, 6) is -0.236. The van der Waals surface area contributed by atoms with Gasteiger partial charge in [0.25, 0.3) is 0 Å². The van der Waals surface area contributed by atoms with Crippen LogP contribution in [0.5, 0.6) is 0 Å². The maximum Gasteiger partial charge on any atom is 0.355 e. The molecule has 0 aliphatic carbocycles. The Hall–Kier alpha value is -1.99. The molecule has 1 heterocycles. The lowest BCUT2D eigenvalue weighted by Crippen LogP contribution is -2.39. The minimum absolute atomic E-state index is 0.0118. The van der Waals surface area contributed by atoms with Crippen molar-refractivity contribution < 1.29 is 23.8 Å². The zero-order valence-electron chi connectivity index (χ0n) is 14.0. The molecule has 0 fully saturated rings. The van der Waals surface area contributed by atoms with Crippen LogP contribution < -0.4 is 4.90 Å². The molecule has 0 radical (unpaired) electrons. The highest BCUT2D eigenvalue weighted by atomic mass is 32.2. The zero-order valence-corrected chi connectivity index (χ0v) is 14.9. The van der Waals surface area contributed by atoms with Crippen molar-refractivity contribution in [3.8, 4) is 0 Å². The van der Waals surface area contributed by atoms with E-state index in [2.05, 4.69) is 6.92 Å². The lowest BCUT2D eigenvalue weighted by atomic mass is 10.1. The summed E-state index contributed by atoms with van der Waals surface area (Å²) < 4.78 is 15.2. The minimum Gasteiger partial charge on any atom is -0.466 e. The van der Waals surface area contributed by atoms with Gasteiger partial charge in [0.05, 0.1) is 32.1 Å². The number of thioether (sulfide) groups is 1. The lowest BCUT2D eigenvalue weighted by molar-refractivity contribution is -0.140. The van der Waals surface area contributed by atoms with Crippen LogP contribution >= 0.6 is 11.8 Å². The lowest BCUT2D eigenvalue weighted by Gasteiger charge is -2.32. The van der Waals surface area contributed by atoms with E-state index in [0.29, 0.717) is 0 Å². The molecule has 1 aromatic rings. The molecule has 0 N–H and O–H groups in total. The molecular weight excluding hydrogens is 330 g/mol. The fourth-order valence-electron chi connectivity index (χ4n) is 2.35. The van der Waals surface area contributed by atoms with Crippen LogP contribution in [0.25, 0.3) is 0 Å². The summed E-state index contributed by atoms with van der Waals surface area (Å²) in [5, 5.41) is 0. The summed E-state index contributed by atoms with van der Waals surface area (Å²) in [6.07, 6.45) is 1.03. The van der Waals surface area contributed by atoms with Crippen LogP contribution in [0.4, 0.5) is 5.69 Å². The molecule has 0 atom stereocenters. The monoisotopic (exact) mass is 351 g/mol. The summed E-state index contributed by atoms with van der Waals surface area (Å²) >= 11 is 1.69. The molecule has 1 aliphatic rings. The van der Waals surface area contributed by atoms with Gasteiger partial charge < -0.3 is 19.1 Å². The van der Waals surface area contributed by atoms with E-state index >= 15 is 0 Å². The van der Waals surface area contributed by atoms with E-state index in [0.717, 1.165) is 22.8 Å². The van der Waals surface area contributed by atoms with Crippen LogP contribution in [-0.4, -0.2) is 45.2 Å². The Balaban J connectivity index is 2.51. The third kappa shape index (κ3) is 3.91. The predicted molar refractivity (Wildman–Crippen MR) is 91.8 cm³/mol. The number of benzene rings is 1. The van der Waals surface area contributed by atoms with Gasteiger partial charge in [-0.25, -0.2) is 9.59 Å². The molecule has 0 aromatic heterocycles. The van der Waals surface area contributed by atoms with Crippen LogP contribution in [0.2, 0.25) is 0 Å². The van der Waals surface area contributed by atoms with Gasteiger partial charge in [-0.15, -0.1) is 11.8 Å². The number of methoxy groups -OCH3 is 2. The van der Waals surface area contributed by atoms with Crippen molar-refractivity contribution in [2.75, 3.05) is 38.2 Å². The number of para-hydroxylation sites is 1. The summed E-state index contributed by atoms with van der Waals surface area (Å²) in [6.45, 7) is 2.28. The normalized spacial score (nSPS) is 14.5. The van der Waals surface area contributed by atoms with Crippen molar-refractivity contribution in [2.45, 2.75) is 18.2 Å². The van der Waals surface area contributed by atoms with Crippen molar-refractivity contribution in [2.24, 2.45) is 0 Å². The molecule has 2 rings (SSSR count). The Kier molecular flexibility index (Phi) is 6.69. The van der Waals surface area contributed by atoms with Crippen molar-refractivity contribution >= 4 is 29.4 Å². The Morgan fingerprint density at radius 1 is 1.21 bits per heavy atom. The molecule has 0 saturated heterocycles. The number of ether oxygens (including phenoxy) is 3. The van der Waals surface area contributed by atoms with Crippen LogP contribution in [0, 0.1) is 0 Å². The van der Waals surface area contributed by atoms with Crippen LogP contribution in [-0.2, 0) is 23.8 Å². The molecule has 0 unspecified atom stereocenters. The zero-order chi connectivity index (χ0) is 17.5. The first kappa shape index (κ1) is 18.4. The summed E-state index contributed by atoms with van der Waals surface area (Å²) in [4.78, 5) is 27.0. The second-order valence-corrected chi connectivity index (χ2v) is 6.17. The molecule has 24 heavy (non-hydrogen) atoms. The van der Waals surface area contributed by atoms with Crippen molar-refractivity contribution in [1.82, 2.24) is 0 Å². The number of hydrogen-bond acceptors (Lipinski definition) is 7. The van der Waals surface area contributed by atoms with Gasteiger partial charge in [-0.2, -0.15) is 0 Å². The van der Waals surface area contributed by atoms with Crippen LogP contribution in [0.1, 0.15) is 13.3 Å². The number of esters is 2. The average molecular weight is 351 g/mol. The molecule has 1 aromatic carbocycles. The fraction of sp³-hybridized carbons (Fsp3) is 0.412. The van der Waals surface area contributed by atoms with Gasteiger partial charge in [-0.1, -0.05) is 19.1 Å². The Bertz CT molecular complexity index is 644. The molecule has 0 amide bonds. The first-order chi connectivity index (χ1) is 11.6. The average Bonchev–Trinajstić information content (AvgIpc) is 2.64. The van der Waals surface area contributed by atoms with E-state index in [9.17, 15) is 9.59 Å². The van der Waals surface area contributed by atoms with Gasteiger partial charge in [-0.3, -0.25) is 0 Å². The van der Waals surface area contributed by atoms with Crippen molar-refractivity contribution in [3.05, 3.63) is 35.5 Å². The maximum absolute atomic E-state index is 12.3. The van der Waals surface area contributed by atoms with Gasteiger partial charge in [0, 0.05) is 4.90 Å². The van der Waals surface area contributed by atoms with E-state index in [1.807, 2.05) is 24.3 Å². The first-order valence-electron chi connectivity index (χ1n) is 7.60. The van der Waals surface area contributed by atoms with Crippen molar-refractivity contribution in [3.63, 3.8) is 0 Å². The first-order valence-corrected chi connectivity index (χ1v) is 8.59. The standard InChI is InChI=1S/C17H21NO5S/c1-4-9-24-14-8-6-5-7-13(14)18-11-23-10-12(16(19)21-2)15(18)17(20)22-3/h5-8H,4,9-11H2,1-3H3. The highest BCUT2D eigenvalue weighted by molar-refractivity contribution is 7.99. The molecule has 130 valence electrons. The highest BCUT2D eigenvalue weighted by Gasteiger charge is 2.33. The summed E-state index contributed by atoms with van der Waals surface area (Å²) in [6, 6.07) is 7.70. The van der Waals surface area contributed by atoms with Gasteiger partial charge in [-0.05, 0) is 24.3 Å². The second-order valence-electron chi connectivity index (χ2n) is 5.03. The molecule has 1 aliphatic heterocycles. The fourth-order valence-corrected chi connectivity index (χ4v) is 3.27. The summed E-state index contributed by atoms with van der Waals surface area (Å²) in [5.41, 5.74) is 1.13. The quantitative estimate of drug-likeness (QED) is 0.576. The Morgan fingerprint density at radius 3 is 2.58 bits per heavy atom. The Morgan fingerprint density at radius 2 is 1.92 bits per heavy atom. The second kappa shape index (κ2) is 8.75. The van der Waals surface area contributed by atoms with Gasteiger partial charge in [0.2, 0.25) is 0 Å². The molecular formula is C17H21NO5S. The number of hydrogen-bond donors (Lipinski definition) is 0. The minimum atomic E-state index is -0.598. The maximum atomic E-state index is 12.3. The molecule has 0 saturated carbocycles. The van der Waals surface area contributed by atoms with Gasteiger partial charge >= 0.3 is 11.9 Å². The highest BCUT2D eigenvalue weighted by Crippen LogP contribution is 2.35. The topological polar surface area (TPSA) is 65.1 Å². The Labute approximate surface area is 145 Å². The number of anilines is 1. The third-order valence-corrected chi connectivity index (χ3v) is 4.72. The van der Waals surface area contributed by atoms with E-state index in [1.54, 1.807) is 16.7 Å². The number of carbonyl (C=O) groups is 2. The molecule has 7 heteroatoms. The SMILES string of the molecule is CCCSc1ccccc1N1COCC(C(=O)OC)=C1C(=O)OC. The van der Waals surface area contributed by atoms with E-state index in [4.69, 9.17) is 14.2 Å². The summed E-state index contributed by atoms with van der Waals surface area (Å²) in [7, 11) is 2.56. The molecule has 6 nitrogen and oxygen atoms in total. The van der Waals surface area contributed by atoms with E-state index in [1.165, 1.54) is 14.2 Å². The number of nitrogens with zero attached hydrogens (tertiary/aromatic N) is 1.